The molecule has 3 atom stereocenters. The molecule has 0 unspecified atom stereocenters. The number of alkyl carbamates (subject to hydrolysis) is 1. The summed E-state index contributed by atoms with van der Waals surface area (Å²) in [6.45, 7) is 5.13. The van der Waals surface area contributed by atoms with Crippen LogP contribution in [0.5, 0.6) is 0 Å². The molecule has 0 spiro atoms. The summed E-state index contributed by atoms with van der Waals surface area (Å²) in [7, 11) is 0. The fraction of sp³-hybridized carbons (Fsp3) is 0.444. The quantitative estimate of drug-likeness (QED) is 0.609. The molecule has 1 aliphatic heterocycles. The van der Waals surface area contributed by atoms with Gasteiger partial charge in [0.25, 0.3) is 0 Å². The molecule has 1 aliphatic carbocycles. The Kier molecular flexibility index (Phi) is 7.20. The number of carboxylic acid groups (broad SMARTS) is 1. The number of ether oxygens (including phenoxy) is 1. The van der Waals surface area contributed by atoms with E-state index < -0.39 is 12.1 Å². The minimum atomic E-state index is -0.838. The second kappa shape index (κ2) is 10.3. The van der Waals surface area contributed by atoms with Gasteiger partial charge in [-0.15, -0.1) is 0 Å². The van der Waals surface area contributed by atoms with E-state index in [1.807, 2.05) is 38.1 Å². The molecule has 0 aromatic heterocycles. The lowest BCUT2D eigenvalue weighted by molar-refractivity contribution is -0.138. The van der Waals surface area contributed by atoms with E-state index >= 15 is 0 Å². The van der Waals surface area contributed by atoms with Gasteiger partial charge in [0.1, 0.15) is 6.61 Å². The molecule has 2 aromatic rings. The molecular weight excluding hydrogens is 432 g/mol. The Morgan fingerprint density at radius 1 is 1.06 bits per heavy atom. The zero-order valence-electron chi connectivity index (χ0n) is 19.7. The van der Waals surface area contributed by atoms with E-state index in [1.165, 1.54) is 11.1 Å². The largest absolute Gasteiger partial charge is 0.481 e. The van der Waals surface area contributed by atoms with Crippen molar-refractivity contribution in [3.8, 4) is 11.1 Å². The van der Waals surface area contributed by atoms with Crippen LogP contribution in [-0.2, 0) is 14.3 Å². The smallest absolute Gasteiger partial charge is 0.407 e. The van der Waals surface area contributed by atoms with Gasteiger partial charge in [-0.05, 0) is 40.5 Å². The van der Waals surface area contributed by atoms with Crippen molar-refractivity contribution in [2.75, 3.05) is 19.7 Å². The predicted molar refractivity (Wildman–Crippen MR) is 128 cm³/mol. The predicted octanol–water partition coefficient (Wildman–Crippen LogP) is 4.26. The molecular formula is C27H32N2O5. The van der Waals surface area contributed by atoms with E-state index in [4.69, 9.17) is 9.84 Å². The molecule has 180 valence electrons. The van der Waals surface area contributed by atoms with Crippen molar-refractivity contribution >= 4 is 18.0 Å². The molecule has 2 aromatic carbocycles. The Morgan fingerprint density at radius 2 is 1.68 bits per heavy atom. The number of nitrogens with zero attached hydrogens (tertiary/aromatic N) is 1. The molecule has 4 rings (SSSR count). The maximum Gasteiger partial charge on any atom is 0.407 e. The number of benzene rings is 2. The lowest BCUT2D eigenvalue weighted by Crippen LogP contribution is -2.40. The van der Waals surface area contributed by atoms with Crippen LogP contribution in [0, 0.1) is 11.8 Å². The topological polar surface area (TPSA) is 95.9 Å². The van der Waals surface area contributed by atoms with Gasteiger partial charge in [0, 0.05) is 31.5 Å². The number of likely N-dealkylation sites (tertiary alicyclic amines) is 1. The third-order valence-electron chi connectivity index (χ3n) is 7.14. The number of fused-ring (bicyclic) bond motifs is 3. The molecule has 0 saturated carbocycles. The number of carbonyl (C=O) groups excluding carboxylic acids is 2. The number of nitrogens with one attached hydrogen (secondary N) is 1. The highest BCUT2D eigenvalue weighted by Gasteiger charge is 2.34. The Hall–Kier alpha value is -3.35. The molecule has 2 N–H and O–H groups in total. The van der Waals surface area contributed by atoms with Crippen molar-refractivity contribution in [2.24, 2.45) is 11.8 Å². The van der Waals surface area contributed by atoms with Crippen molar-refractivity contribution in [1.82, 2.24) is 10.2 Å². The summed E-state index contributed by atoms with van der Waals surface area (Å²) < 4.78 is 5.62. The average molecular weight is 465 g/mol. The number of carbonyl (C=O) groups is 3. The van der Waals surface area contributed by atoms with Crippen LogP contribution in [0.2, 0.25) is 0 Å². The second-order valence-electron chi connectivity index (χ2n) is 9.41. The van der Waals surface area contributed by atoms with E-state index in [2.05, 4.69) is 29.6 Å². The summed E-state index contributed by atoms with van der Waals surface area (Å²) in [5.74, 6) is -0.802. The third-order valence-corrected chi connectivity index (χ3v) is 7.14. The van der Waals surface area contributed by atoms with Gasteiger partial charge in [-0.2, -0.15) is 0 Å². The summed E-state index contributed by atoms with van der Waals surface area (Å²) in [6, 6.07) is 16.0. The molecule has 2 amide bonds. The summed E-state index contributed by atoms with van der Waals surface area (Å²) in [4.78, 5) is 38.2. The number of rotatable bonds is 8. The van der Waals surface area contributed by atoms with Gasteiger partial charge in [-0.1, -0.05) is 62.4 Å². The van der Waals surface area contributed by atoms with Crippen molar-refractivity contribution in [3.05, 3.63) is 59.7 Å². The molecule has 7 heteroatoms. The van der Waals surface area contributed by atoms with Crippen LogP contribution < -0.4 is 5.32 Å². The molecule has 7 nitrogen and oxygen atoms in total. The fourth-order valence-electron chi connectivity index (χ4n) is 5.17. The van der Waals surface area contributed by atoms with E-state index in [0.29, 0.717) is 19.5 Å². The zero-order valence-corrected chi connectivity index (χ0v) is 19.7. The van der Waals surface area contributed by atoms with Crippen molar-refractivity contribution < 1.29 is 24.2 Å². The summed E-state index contributed by atoms with van der Waals surface area (Å²) >= 11 is 0. The Balaban J connectivity index is 1.31. The van der Waals surface area contributed by atoms with Gasteiger partial charge in [0.05, 0.1) is 6.42 Å². The van der Waals surface area contributed by atoms with Crippen molar-refractivity contribution in [2.45, 2.75) is 45.1 Å². The van der Waals surface area contributed by atoms with Gasteiger partial charge < -0.3 is 20.1 Å². The van der Waals surface area contributed by atoms with Gasteiger partial charge >= 0.3 is 12.1 Å². The summed E-state index contributed by atoms with van der Waals surface area (Å²) in [5.41, 5.74) is 4.64. The Bertz CT molecular complexity index is 1020. The number of amides is 2. The van der Waals surface area contributed by atoms with Gasteiger partial charge in [0.2, 0.25) is 5.91 Å². The first-order valence-electron chi connectivity index (χ1n) is 12.0. The maximum absolute atomic E-state index is 12.8. The standard InChI is InChI=1S/C27H32N2O5/c1-3-19(13-25(30)29-14-17(2)18(15-29)12-26(31)32)28-27(33)34-16-24-22-10-6-4-8-20(22)21-9-5-7-11-23(21)24/h4-11,17-19,24H,3,12-16H2,1-2H3,(H,28,33)(H,31,32)/t17-,18-,19-/m1/s1. The summed E-state index contributed by atoms with van der Waals surface area (Å²) in [5, 5.41) is 11.9. The first kappa shape index (κ1) is 23.8. The molecule has 1 heterocycles. The van der Waals surface area contributed by atoms with Crippen LogP contribution in [-0.4, -0.2) is 53.7 Å². The lowest BCUT2D eigenvalue weighted by atomic mass is 9.95. The maximum atomic E-state index is 12.8. The number of carboxylic acids is 1. The third kappa shape index (κ3) is 5.08. The normalized spacial score (nSPS) is 19.9. The van der Waals surface area contributed by atoms with E-state index in [-0.39, 0.29) is 49.2 Å². The Morgan fingerprint density at radius 3 is 2.26 bits per heavy atom. The van der Waals surface area contributed by atoms with Crippen LogP contribution in [0.4, 0.5) is 4.79 Å². The van der Waals surface area contributed by atoms with Crippen LogP contribution in [0.15, 0.2) is 48.5 Å². The highest BCUT2D eigenvalue weighted by atomic mass is 16.5. The van der Waals surface area contributed by atoms with E-state index in [0.717, 1.165) is 11.1 Å². The van der Waals surface area contributed by atoms with Gasteiger partial charge in [-0.3, -0.25) is 9.59 Å². The molecule has 0 radical (unpaired) electrons. The van der Waals surface area contributed by atoms with Crippen LogP contribution in [0.3, 0.4) is 0 Å². The van der Waals surface area contributed by atoms with Gasteiger partial charge in [0.15, 0.2) is 0 Å². The molecule has 34 heavy (non-hydrogen) atoms. The van der Waals surface area contributed by atoms with E-state index in [9.17, 15) is 14.4 Å². The highest BCUT2D eigenvalue weighted by Crippen LogP contribution is 2.44. The first-order valence-corrected chi connectivity index (χ1v) is 12.0. The molecule has 1 saturated heterocycles. The average Bonchev–Trinajstić information content (AvgIpc) is 3.34. The molecule has 1 fully saturated rings. The second-order valence-corrected chi connectivity index (χ2v) is 9.41. The molecule has 2 aliphatic rings. The van der Waals surface area contributed by atoms with Crippen molar-refractivity contribution in [1.29, 1.82) is 0 Å². The highest BCUT2D eigenvalue weighted by molar-refractivity contribution is 5.80. The van der Waals surface area contributed by atoms with Crippen LogP contribution in [0.25, 0.3) is 11.1 Å². The number of aliphatic carboxylic acids is 1. The minimum Gasteiger partial charge on any atom is -0.481 e. The number of hydrogen-bond donors (Lipinski definition) is 2. The first-order chi connectivity index (χ1) is 16.4. The van der Waals surface area contributed by atoms with E-state index in [1.54, 1.807) is 4.90 Å². The summed E-state index contributed by atoms with van der Waals surface area (Å²) in [6.07, 6.45) is 0.311. The van der Waals surface area contributed by atoms with Crippen LogP contribution in [0.1, 0.15) is 50.2 Å². The van der Waals surface area contributed by atoms with Gasteiger partial charge in [-0.25, -0.2) is 4.79 Å². The Labute approximate surface area is 200 Å². The fourth-order valence-corrected chi connectivity index (χ4v) is 5.17. The monoisotopic (exact) mass is 464 g/mol. The SMILES string of the molecule is CC[C@H](CC(=O)N1C[C@@H](CC(=O)O)[C@H](C)C1)NC(=O)OCC1c2ccccc2-c2ccccc21. The molecule has 0 bridgehead atoms. The lowest BCUT2D eigenvalue weighted by Gasteiger charge is -2.22. The number of hydrogen-bond acceptors (Lipinski definition) is 4. The van der Waals surface area contributed by atoms with Crippen molar-refractivity contribution in [3.63, 3.8) is 0 Å². The minimum absolute atomic E-state index is 0.0166. The van der Waals surface area contributed by atoms with Crippen LogP contribution >= 0.6 is 0 Å². The zero-order chi connectivity index (χ0) is 24.2.